The number of carbonyl (C=O) groups is 1. The molecule has 146 valence electrons. The molecule has 1 atom stereocenters. The highest BCUT2D eigenvalue weighted by molar-refractivity contribution is 5.89. The number of hydrogen-bond acceptors (Lipinski definition) is 2. The lowest BCUT2D eigenvalue weighted by Crippen LogP contribution is -2.51. The van der Waals surface area contributed by atoms with E-state index in [1.54, 1.807) is 38.1 Å². The molecule has 0 bridgehead atoms. The van der Waals surface area contributed by atoms with Gasteiger partial charge < -0.3 is 0 Å². The molecule has 1 aliphatic rings. The second-order valence-corrected chi connectivity index (χ2v) is 7.80. The third kappa shape index (κ3) is 3.81. The molecule has 2 aromatic rings. The lowest BCUT2D eigenvalue weighted by molar-refractivity contribution is -0.203. The zero-order valence-electron chi connectivity index (χ0n) is 15.9. The average molecular weight is 378 g/mol. The van der Waals surface area contributed by atoms with E-state index in [-0.39, 0.29) is 12.0 Å². The fraction of sp³-hybridized carbons (Fsp3) is 0.476. The van der Waals surface area contributed by atoms with Crippen molar-refractivity contribution in [2.45, 2.75) is 64.2 Å². The summed E-state index contributed by atoms with van der Waals surface area (Å²) in [6.07, 6.45) is -1.65. The Kier molecular flexibility index (Phi) is 5.21. The molecular weight excluding hydrogens is 353 g/mol. The van der Waals surface area contributed by atoms with Crippen LogP contribution in [0.2, 0.25) is 0 Å². The van der Waals surface area contributed by atoms with E-state index >= 15 is 0 Å². The number of benzene rings is 2. The van der Waals surface area contributed by atoms with Crippen LogP contribution in [0, 0.1) is 0 Å². The van der Waals surface area contributed by atoms with Gasteiger partial charge in [-0.25, -0.2) is 0 Å². The number of fused-ring (bicyclic) bond motifs is 1. The van der Waals surface area contributed by atoms with E-state index in [1.165, 1.54) is 0 Å². The molecule has 1 N–H and O–H groups in total. The van der Waals surface area contributed by atoms with E-state index in [4.69, 9.17) is 0 Å². The number of hydrogen-bond donors (Lipinski definition) is 1. The van der Waals surface area contributed by atoms with Crippen LogP contribution in [0.5, 0.6) is 0 Å². The van der Waals surface area contributed by atoms with Gasteiger partial charge in [-0.15, -0.1) is 0 Å². The minimum atomic E-state index is -4.53. The van der Waals surface area contributed by atoms with Crippen molar-refractivity contribution in [3.05, 3.63) is 47.5 Å². The highest BCUT2D eigenvalue weighted by atomic mass is 19.4. The van der Waals surface area contributed by atoms with Crippen molar-refractivity contribution in [3.8, 4) is 0 Å². The summed E-state index contributed by atoms with van der Waals surface area (Å²) >= 11 is 0. The number of alkyl halides is 3. The minimum Gasteiger partial charge on any atom is -0.287 e. The van der Waals surface area contributed by atoms with Crippen LogP contribution in [0.4, 0.5) is 13.2 Å². The number of hydrazine groups is 1. The van der Waals surface area contributed by atoms with Gasteiger partial charge in [0.1, 0.15) is 0 Å². The van der Waals surface area contributed by atoms with Crippen LogP contribution in [0.25, 0.3) is 10.8 Å². The highest BCUT2D eigenvalue weighted by Crippen LogP contribution is 2.45. The lowest BCUT2D eigenvalue weighted by Gasteiger charge is -2.38. The Bertz CT molecular complexity index is 845. The first-order valence-electron chi connectivity index (χ1n) is 9.31. The van der Waals surface area contributed by atoms with Crippen molar-refractivity contribution < 1.29 is 18.0 Å². The third-order valence-electron chi connectivity index (χ3n) is 5.20. The summed E-state index contributed by atoms with van der Waals surface area (Å²) in [5.41, 5.74) is 2.74. The second-order valence-electron chi connectivity index (χ2n) is 7.80. The molecule has 1 aliphatic heterocycles. The molecule has 1 amide bonds. The summed E-state index contributed by atoms with van der Waals surface area (Å²) in [5, 5.41) is 2.51. The molecule has 0 aliphatic carbocycles. The summed E-state index contributed by atoms with van der Waals surface area (Å²) in [5.74, 6) is -0.391. The molecule has 6 heteroatoms. The molecule has 0 saturated carbocycles. The van der Waals surface area contributed by atoms with Crippen molar-refractivity contribution in [1.29, 1.82) is 0 Å². The maximum absolute atomic E-state index is 14.2. The standard InChI is InChI=1S/C21H25F3N2O/c1-4-5-8-14-11-12-17(16-10-7-6-9-15(14)16)19(21(22,23)24)26-20(2,3)13-18(27)25-26/h6-7,9-12,19H,4-5,8,13H2,1-3H3,(H,25,27)/t19-/m0/s1. The Morgan fingerprint density at radius 1 is 1.15 bits per heavy atom. The fourth-order valence-electron chi connectivity index (χ4n) is 3.89. The van der Waals surface area contributed by atoms with Crippen molar-refractivity contribution in [2.24, 2.45) is 0 Å². The van der Waals surface area contributed by atoms with E-state index in [0.29, 0.717) is 5.39 Å². The summed E-state index contributed by atoms with van der Waals surface area (Å²) in [4.78, 5) is 11.8. The number of nitrogens with one attached hydrogen (secondary N) is 1. The molecule has 0 aromatic heterocycles. The van der Waals surface area contributed by atoms with Crippen molar-refractivity contribution >= 4 is 16.7 Å². The van der Waals surface area contributed by atoms with Crippen LogP contribution in [-0.2, 0) is 11.2 Å². The molecule has 0 spiro atoms. The maximum atomic E-state index is 14.2. The molecule has 27 heavy (non-hydrogen) atoms. The van der Waals surface area contributed by atoms with Gasteiger partial charge >= 0.3 is 6.18 Å². The summed E-state index contributed by atoms with van der Waals surface area (Å²) < 4.78 is 42.5. The summed E-state index contributed by atoms with van der Waals surface area (Å²) in [6.45, 7) is 5.40. The Balaban J connectivity index is 2.16. The van der Waals surface area contributed by atoms with E-state index < -0.39 is 23.7 Å². The van der Waals surface area contributed by atoms with Gasteiger partial charge in [0.05, 0.1) is 0 Å². The predicted octanol–water partition coefficient (Wildman–Crippen LogP) is 5.30. The summed E-state index contributed by atoms with van der Waals surface area (Å²) in [6, 6.07) is 8.71. The summed E-state index contributed by atoms with van der Waals surface area (Å²) in [7, 11) is 0. The molecule has 3 nitrogen and oxygen atoms in total. The van der Waals surface area contributed by atoms with Gasteiger partial charge in [-0.1, -0.05) is 49.7 Å². The van der Waals surface area contributed by atoms with Gasteiger partial charge in [0.15, 0.2) is 6.04 Å². The first kappa shape index (κ1) is 19.7. The van der Waals surface area contributed by atoms with Crippen LogP contribution in [0.3, 0.4) is 0 Å². The first-order valence-corrected chi connectivity index (χ1v) is 9.31. The van der Waals surface area contributed by atoms with Gasteiger partial charge in [0.25, 0.3) is 0 Å². The number of rotatable bonds is 5. The molecule has 1 saturated heterocycles. The van der Waals surface area contributed by atoms with Gasteiger partial charge in [0, 0.05) is 12.0 Å². The van der Waals surface area contributed by atoms with Crippen LogP contribution in [0.15, 0.2) is 36.4 Å². The van der Waals surface area contributed by atoms with Crippen LogP contribution < -0.4 is 5.43 Å². The zero-order valence-corrected chi connectivity index (χ0v) is 15.9. The third-order valence-corrected chi connectivity index (χ3v) is 5.20. The Labute approximate surface area is 157 Å². The van der Waals surface area contributed by atoms with E-state index in [1.807, 2.05) is 12.1 Å². The zero-order chi connectivity index (χ0) is 19.8. The maximum Gasteiger partial charge on any atom is 0.409 e. The van der Waals surface area contributed by atoms with E-state index in [0.717, 1.165) is 35.2 Å². The molecule has 0 unspecified atom stereocenters. The highest BCUT2D eigenvalue weighted by Gasteiger charge is 2.53. The van der Waals surface area contributed by atoms with Crippen LogP contribution in [-0.4, -0.2) is 22.6 Å². The molecule has 0 radical (unpaired) electrons. The number of amides is 1. The van der Waals surface area contributed by atoms with Crippen LogP contribution >= 0.6 is 0 Å². The van der Waals surface area contributed by atoms with Crippen molar-refractivity contribution in [1.82, 2.24) is 10.4 Å². The Morgan fingerprint density at radius 3 is 2.37 bits per heavy atom. The monoisotopic (exact) mass is 378 g/mol. The number of carbonyl (C=O) groups excluding carboxylic acids is 1. The van der Waals surface area contributed by atoms with E-state index in [9.17, 15) is 18.0 Å². The van der Waals surface area contributed by atoms with Gasteiger partial charge in [-0.3, -0.25) is 10.2 Å². The molecular formula is C21H25F3N2O. The number of nitrogens with zero attached hydrogens (tertiary/aromatic N) is 1. The minimum absolute atomic E-state index is 0.0338. The van der Waals surface area contributed by atoms with Crippen molar-refractivity contribution in [3.63, 3.8) is 0 Å². The largest absolute Gasteiger partial charge is 0.409 e. The molecule has 2 aromatic carbocycles. The Morgan fingerprint density at radius 2 is 1.81 bits per heavy atom. The number of aryl methyl sites for hydroxylation is 1. The molecule has 1 fully saturated rings. The predicted molar refractivity (Wildman–Crippen MR) is 100 cm³/mol. The molecule has 1 heterocycles. The second kappa shape index (κ2) is 7.15. The first-order chi connectivity index (χ1) is 12.6. The number of unbranched alkanes of at least 4 members (excludes halogenated alkanes) is 1. The normalized spacial score (nSPS) is 18.7. The van der Waals surface area contributed by atoms with Gasteiger partial charge in [-0.05, 0) is 48.6 Å². The van der Waals surface area contributed by atoms with Crippen molar-refractivity contribution in [2.75, 3.05) is 0 Å². The lowest BCUT2D eigenvalue weighted by atomic mass is 9.91. The fourth-order valence-corrected chi connectivity index (χ4v) is 3.89. The average Bonchev–Trinajstić information content (AvgIpc) is 2.85. The molecule has 3 rings (SSSR count). The SMILES string of the molecule is CCCCc1ccc([C@H](N2NC(=O)CC2(C)C)C(F)(F)F)c2ccccc12. The quantitative estimate of drug-likeness (QED) is 0.766. The van der Waals surface area contributed by atoms with Crippen LogP contribution in [0.1, 0.15) is 57.2 Å². The topological polar surface area (TPSA) is 32.3 Å². The Hall–Kier alpha value is -2.08. The van der Waals surface area contributed by atoms with Gasteiger partial charge in [-0.2, -0.15) is 18.2 Å². The smallest absolute Gasteiger partial charge is 0.287 e. The van der Waals surface area contributed by atoms with Gasteiger partial charge in [0.2, 0.25) is 5.91 Å². The van der Waals surface area contributed by atoms with E-state index in [2.05, 4.69) is 12.3 Å². The number of halogens is 3.